The molecule has 2 aromatic rings. The Morgan fingerprint density at radius 2 is 1.72 bits per heavy atom. The zero-order valence-electron chi connectivity index (χ0n) is 18.6. The molecule has 0 aromatic heterocycles. The minimum absolute atomic E-state index is 0.192. The van der Waals surface area contributed by atoms with Crippen LogP contribution >= 0.6 is 0 Å². The fourth-order valence-electron chi connectivity index (χ4n) is 4.01. The van der Waals surface area contributed by atoms with E-state index in [0.29, 0.717) is 12.2 Å². The van der Waals surface area contributed by atoms with Crippen molar-refractivity contribution in [2.75, 3.05) is 48.0 Å². The number of nitrogens with zero attached hydrogens (tertiary/aromatic N) is 3. The summed E-state index contributed by atoms with van der Waals surface area (Å²) in [5, 5.41) is 3.28. The lowest BCUT2D eigenvalue weighted by Crippen LogP contribution is -2.36. The van der Waals surface area contributed by atoms with Crippen LogP contribution in [0.1, 0.15) is 25.3 Å². The number of rotatable bonds is 7. The van der Waals surface area contributed by atoms with Crippen molar-refractivity contribution in [1.29, 1.82) is 0 Å². The number of carbonyl (C=O) groups is 1. The minimum Gasteiger partial charge on any atom is -0.378 e. The highest BCUT2D eigenvalue weighted by Gasteiger charge is 2.21. The third kappa shape index (κ3) is 5.26. The van der Waals surface area contributed by atoms with Crippen LogP contribution in [-0.4, -0.2) is 44.5 Å². The van der Waals surface area contributed by atoms with Crippen LogP contribution in [0.25, 0.3) is 0 Å². The van der Waals surface area contributed by atoms with Gasteiger partial charge in [0.1, 0.15) is 5.82 Å². The van der Waals surface area contributed by atoms with E-state index in [1.807, 2.05) is 60.4 Å². The van der Waals surface area contributed by atoms with Gasteiger partial charge in [-0.2, -0.15) is 0 Å². The Balaban J connectivity index is 1.44. The van der Waals surface area contributed by atoms with Crippen LogP contribution in [-0.2, 0) is 9.53 Å². The predicted molar refractivity (Wildman–Crippen MR) is 132 cm³/mol. The SMILES string of the molecule is C=C(/N=C(\C=C/C)c1ccc(N2CCCC2=O)cc1)Nc1ccc(N2CCOCC2)cc1. The van der Waals surface area contributed by atoms with Gasteiger partial charge in [-0.3, -0.25) is 4.79 Å². The molecular formula is C26H30N4O2. The van der Waals surface area contributed by atoms with Gasteiger partial charge in [-0.05, 0) is 55.8 Å². The zero-order chi connectivity index (χ0) is 22.3. The predicted octanol–water partition coefficient (Wildman–Crippen LogP) is 4.60. The standard InChI is InChI=1S/C26H30N4O2/c1-3-5-25(21-7-11-24(12-8-21)30-15-4-6-26(30)31)28-20(2)27-22-9-13-23(14-10-22)29-16-18-32-19-17-29/h3,5,7-14,27H,2,4,6,15-19H2,1H3/b5-3-,28-25+. The van der Waals surface area contributed by atoms with Crippen molar-refractivity contribution in [3.8, 4) is 0 Å². The molecule has 0 radical (unpaired) electrons. The number of amides is 1. The molecule has 32 heavy (non-hydrogen) atoms. The van der Waals surface area contributed by atoms with Gasteiger partial charge < -0.3 is 19.9 Å². The molecular weight excluding hydrogens is 400 g/mol. The van der Waals surface area contributed by atoms with Crippen LogP contribution in [0, 0.1) is 0 Å². The van der Waals surface area contributed by atoms with Crippen molar-refractivity contribution in [2.45, 2.75) is 19.8 Å². The van der Waals surface area contributed by atoms with E-state index in [1.165, 1.54) is 5.69 Å². The molecule has 2 saturated heterocycles. The maximum Gasteiger partial charge on any atom is 0.227 e. The van der Waals surface area contributed by atoms with Gasteiger partial charge >= 0.3 is 0 Å². The van der Waals surface area contributed by atoms with Gasteiger partial charge in [0.15, 0.2) is 0 Å². The van der Waals surface area contributed by atoms with Crippen LogP contribution in [0.3, 0.4) is 0 Å². The Bertz CT molecular complexity index is 1000. The van der Waals surface area contributed by atoms with E-state index < -0.39 is 0 Å². The molecule has 1 N–H and O–H groups in total. The van der Waals surface area contributed by atoms with Crippen molar-refractivity contribution in [1.82, 2.24) is 0 Å². The maximum absolute atomic E-state index is 12.0. The number of hydrogen-bond acceptors (Lipinski definition) is 5. The average molecular weight is 431 g/mol. The topological polar surface area (TPSA) is 57.2 Å². The molecule has 4 rings (SSSR count). The van der Waals surface area contributed by atoms with E-state index >= 15 is 0 Å². The third-order valence-corrected chi connectivity index (χ3v) is 5.66. The number of hydrogen-bond donors (Lipinski definition) is 1. The van der Waals surface area contributed by atoms with Gasteiger partial charge in [-0.15, -0.1) is 0 Å². The normalized spacial score (nSPS) is 17.3. The minimum atomic E-state index is 0.192. The first-order valence-electron chi connectivity index (χ1n) is 11.1. The first-order valence-corrected chi connectivity index (χ1v) is 11.1. The summed E-state index contributed by atoms with van der Waals surface area (Å²) in [6.07, 6.45) is 5.47. The zero-order valence-corrected chi connectivity index (χ0v) is 18.6. The number of benzene rings is 2. The molecule has 6 heteroatoms. The van der Waals surface area contributed by atoms with Crippen LogP contribution in [0.15, 0.2) is 78.1 Å². The quantitative estimate of drug-likeness (QED) is 0.653. The molecule has 2 aromatic carbocycles. The van der Waals surface area contributed by atoms with E-state index in [4.69, 9.17) is 9.73 Å². The Morgan fingerprint density at radius 3 is 2.34 bits per heavy atom. The highest BCUT2D eigenvalue weighted by molar-refractivity contribution is 6.09. The van der Waals surface area contributed by atoms with Crippen LogP contribution in [0.2, 0.25) is 0 Å². The highest BCUT2D eigenvalue weighted by atomic mass is 16.5. The highest BCUT2D eigenvalue weighted by Crippen LogP contribution is 2.23. The summed E-state index contributed by atoms with van der Waals surface area (Å²) in [5.41, 5.74) is 4.87. The van der Waals surface area contributed by atoms with Crippen LogP contribution in [0.4, 0.5) is 17.1 Å². The van der Waals surface area contributed by atoms with E-state index in [0.717, 1.165) is 61.9 Å². The summed E-state index contributed by atoms with van der Waals surface area (Å²) in [6, 6.07) is 16.3. The molecule has 6 nitrogen and oxygen atoms in total. The lowest BCUT2D eigenvalue weighted by Gasteiger charge is -2.28. The fourth-order valence-corrected chi connectivity index (χ4v) is 4.01. The van der Waals surface area contributed by atoms with Crippen molar-refractivity contribution >= 4 is 28.7 Å². The second kappa shape index (κ2) is 10.3. The molecule has 2 heterocycles. The molecule has 0 unspecified atom stereocenters. The summed E-state index contributed by atoms with van der Waals surface area (Å²) < 4.78 is 5.42. The van der Waals surface area contributed by atoms with Crippen molar-refractivity contribution < 1.29 is 9.53 Å². The number of aliphatic imine (C=N–C) groups is 1. The van der Waals surface area contributed by atoms with Gasteiger partial charge in [0.2, 0.25) is 5.91 Å². The Morgan fingerprint density at radius 1 is 1.03 bits per heavy atom. The fraction of sp³-hybridized carbons (Fsp3) is 0.308. The van der Waals surface area contributed by atoms with Crippen LogP contribution < -0.4 is 15.1 Å². The largest absolute Gasteiger partial charge is 0.378 e. The van der Waals surface area contributed by atoms with Gasteiger partial charge in [0, 0.05) is 48.7 Å². The molecule has 0 bridgehead atoms. The summed E-state index contributed by atoms with van der Waals surface area (Å²) in [6.45, 7) is 10.2. The number of carbonyl (C=O) groups excluding carboxylic acids is 1. The monoisotopic (exact) mass is 430 g/mol. The summed E-state index contributed by atoms with van der Waals surface area (Å²) in [7, 11) is 0. The molecule has 2 aliphatic rings. The first-order chi connectivity index (χ1) is 15.6. The van der Waals surface area contributed by atoms with Gasteiger partial charge in [-0.25, -0.2) is 4.99 Å². The number of morpholine rings is 1. The third-order valence-electron chi connectivity index (χ3n) is 5.66. The van der Waals surface area contributed by atoms with E-state index in [9.17, 15) is 4.79 Å². The summed E-state index contributed by atoms with van der Waals surface area (Å²) in [5.74, 6) is 0.758. The smallest absolute Gasteiger partial charge is 0.227 e. The van der Waals surface area contributed by atoms with Crippen molar-refractivity contribution in [3.63, 3.8) is 0 Å². The molecule has 166 valence electrons. The molecule has 0 atom stereocenters. The lowest BCUT2D eigenvalue weighted by molar-refractivity contribution is -0.117. The van der Waals surface area contributed by atoms with Crippen molar-refractivity contribution in [2.24, 2.45) is 4.99 Å². The van der Waals surface area contributed by atoms with Gasteiger partial charge in [-0.1, -0.05) is 24.8 Å². The van der Waals surface area contributed by atoms with Crippen LogP contribution in [0.5, 0.6) is 0 Å². The Kier molecular flexibility index (Phi) is 7.02. The molecule has 0 spiro atoms. The second-order valence-electron chi connectivity index (χ2n) is 7.91. The molecule has 2 fully saturated rings. The number of ether oxygens (including phenoxy) is 1. The number of nitrogens with one attached hydrogen (secondary N) is 1. The van der Waals surface area contributed by atoms with E-state index in [1.54, 1.807) is 0 Å². The van der Waals surface area contributed by atoms with Crippen molar-refractivity contribution in [3.05, 3.63) is 78.6 Å². The second-order valence-corrected chi connectivity index (χ2v) is 7.91. The Labute approximate surface area is 189 Å². The van der Waals surface area contributed by atoms with Gasteiger partial charge in [0.05, 0.1) is 18.9 Å². The lowest BCUT2D eigenvalue weighted by atomic mass is 10.1. The van der Waals surface area contributed by atoms with E-state index in [2.05, 4.69) is 28.9 Å². The first kappa shape index (κ1) is 21.8. The summed E-state index contributed by atoms with van der Waals surface area (Å²) >= 11 is 0. The van der Waals surface area contributed by atoms with Gasteiger partial charge in [0.25, 0.3) is 0 Å². The molecule has 0 aliphatic carbocycles. The summed E-state index contributed by atoms with van der Waals surface area (Å²) in [4.78, 5) is 20.9. The van der Waals surface area contributed by atoms with E-state index in [-0.39, 0.29) is 5.91 Å². The Hall–Kier alpha value is -3.38. The molecule has 1 amide bonds. The number of anilines is 3. The molecule has 2 aliphatic heterocycles. The maximum atomic E-state index is 12.0. The average Bonchev–Trinajstić information content (AvgIpc) is 3.26. The molecule has 0 saturated carbocycles. The number of allylic oxidation sites excluding steroid dienone is 2.